The zero-order chi connectivity index (χ0) is 18.6. The first-order chi connectivity index (χ1) is 13.2. The van der Waals surface area contributed by atoms with Crippen LogP contribution in [-0.4, -0.2) is 41.9 Å². The van der Waals surface area contributed by atoms with Gasteiger partial charge in [-0.3, -0.25) is 9.69 Å². The van der Waals surface area contributed by atoms with Gasteiger partial charge in [0.05, 0.1) is 17.3 Å². The van der Waals surface area contributed by atoms with Crippen molar-refractivity contribution in [2.24, 2.45) is 0 Å². The standard InChI is InChI=1S/C22H20N4O/c23-15-17-3-1-4-18(13-17)19-5-2-6-20-7-8-21(16-26(20)22(27)14-19)25-11-9-24-10-12-25/h1-8,13-14,16,24H,9-12H2/b5-2?,19-14?,20-6+. The van der Waals surface area contributed by atoms with E-state index < -0.39 is 0 Å². The smallest absolute Gasteiger partial charge is 0.255 e. The summed E-state index contributed by atoms with van der Waals surface area (Å²) in [5.74, 6) is -0.0973. The molecule has 5 nitrogen and oxygen atoms in total. The van der Waals surface area contributed by atoms with Gasteiger partial charge < -0.3 is 10.2 Å². The largest absolute Gasteiger partial charge is 0.368 e. The number of benzene rings is 1. The number of nitriles is 1. The molecule has 3 aliphatic rings. The van der Waals surface area contributed by atoms with E-state index in [1.54, 1.807) is 23.1 Å². The van der Waals surface area contributed by atoms with Crippen LogP contribution in [0.2, 0.25) is 0 Å². The average molecular weight is 356 g/mol. The molecule has 0 unspecified atom stereocenters. The molecule has 0 radical (unpaired) electrons. The fourth-order valence-electron chi connectivity index (χ4n) is 3.39. The number of nitrogens with zero attached hydrogens (tertiary/aromatic N) is 3. The van der Waals surface area contributed by atoms with Crippen molar-refractivity contribution in [3.05, 3.63) is 89.4 Å². The predicted octanol–water partition coefficient (Wildman–Crippen LogP) is 2.54. The normalized spacial score (nSPS) is 21.3. The van der Waals surface area contributed by atoms with E-state index in [0.717, 1.165) is 48.7 Å². The first-order valence-electron chi connectivity index (χ1n) is 9.04. The Labute approximate surface area is 158 Å². The third-order valence-corrected chi connectivity index (χ3v) is 4.83. The van der Waals surface area contributed by atoms with E-state index in [9.17, 15) is 4.79 Å². The van der Waals surface area contributed by atoms with E-state index in [4.69, 9.17) is 5.26 Å². The van der Waals surface area contributed by atoms with Crippen molar-refractivity contribution in [2.45, 2.75) is 0 Å². The summed E-state index contributed by atoms with van der Waals surface area (Å²) in [6.07, 6.45) is 13.4. The predicted molar refractivity (Wildman–Crippen MR) is 105 cm³/mol. The van der Waals surface area contributed by atoms with E-state index in [0.29, 0.717) is 5.56 Å². The van der Waals surface area contributed by atoms with Crippen LogP contribution in [0.25, 0.3) is 5.57 Å². The molecule has 0 atom stereocenters. The van der Waals surface area contributed by atoms with Gasteiger partial charge in [-0.15, -0.1) is 0 Å². The molecule has 1 amide bonds. The quantitative estimate of drug-likeness (QED) is 0.885. The van der Waals surface area contributed by atoms with E-state index in [2.05, 4.69) is 22.4 Å². The Kier molecular flexibility index (Phi) is 4.73. The highest BCUT2D eigenvalue weighted by Gasteiger charge is 2.21. The molecular formula is C22H20N4O. The van der Waals surface area contributed by atoms with Gasteiger partial charge in [0, 0.05) is 44.2 Å². The number of fused-ring (bicyclic) bond motifs is 1. The number of amides is 1. The molecule has 1 fully saturated rings. The number of rotatable bonds is 2. The Morgan fingerprint density at radius 2 is 1.89 bits per heavy atom. The Bertz CT molecular complexity index is 953. The lowest BCUT2D eigenvalue weighted by Gasteiger charge is -2.33. The number of hydrogen-bond donors (Lipinski definition) is 1. The summed E-state index contributed by atoms with van der Waals surface area (Å²) < 4.78 is 0. The Balaban J connectivity index is 1.66. The third-order valence-electron chi connectivity index (χ3n) is 4.83. The molecule has 0 spiro atoms. The molecule has 1 saturated heterocycles. The minimum Gasteiger partial charge on any atom is -0.368 e. The topological polar surface area (TPSA) is 59.4 Å². The zero-order valence-corrected chi connectivity index (χ0v) is 14.9. The maximum Gasteiger partial charge on any atom is 0.255 e. The summed E-state index contributed by atoms with van der Waals surface area (Å²) >= 11 is 0. The van der Waals surface area contributed by atoms with Crippen molar-refractivity contribution >= 4 is 11.5 Å². The molecule has 0 aromatic heterocycles. The third kappa shape index (κ3) is 3.62. The average Bonchev–Trinajstić information content (AvgIpc) is 2.72. The van der Waals surface area contributed by atoms with Crippen LogP contribution in [0.15, 0.2) is 78.3 Å². The number of piperazine rings is 1. The van der Waals surface area contributed by atoms with Gasteiger partial charge >= 0.3 is 0 Å². The van der Waals surface area contributed by atoms with E-state index >= 15 is 0 Å². The maximum atomic E-state index is 13.0. The first kappa shape index (κ1) is 17.1. The second kappa shape index (κ2) is 7.48. The van der Waals surface area contributed by atoms with Gasteiger partial charge in [-0.05, 0) is 41.5 Å². The van der Waals surface area contributed by atoms with Gasteiger partial charge in [-0.2, -0.15) is 5.26 Å². The van der Waals surface area contributed by atoms with Crippen molar-refractivity contribution in [2.75, 3.05) is 26.2 Å². The fourth-order valence-corrected chi connectivity index (χ4v) is 3.39. The Morgan fingerprint density at radius 3 is 2.70 bits per heavy atom. The summed E-state index contributed by atoms with van der Waals surface area (Å²) in [4.78, 5) is 16.9. The highest BCUT2D eigenvalue weighted by molar-refractivity contribution is 5.99. The summed E-state index contributed by atoms with van der Waals surface area (Å²) in [7, 11) is 0. The lowest BCUT2D eigenvalue weighted by Crippen LogP contribution is -2.43. The molecule has 27 heavy (non-hydrogen) atoms. The number of allylic oxidation sites excluding steroid dienone is 6. The SMILES string of the molecule is N#Cc1cccc(C2=CC(=O)N3C=C(N4CCNCC4)C=C/C3=C\C=C2)c1. The second-order valence-electron chi connectivity index (χ2n) is 6.58. The van der Waals surface area contributed by atoms with Gasteiger partial charge in [0.2, 0.25) is 0 Å². The molecule has 1 aromatic carbocycles. The Morgan fingerprint density at radius 1 is 1.07 bits per heavy atom. The molecule has 5 heteroatoms. The van der Waals surface area contributed by atoms with Crippen LogP contribution < -0.4 is 5.32 Å². The number of nitrogens with one attached hydrogen (secondary N) is 1. The molecule has 3 heterocycles. The highest BCUT2D eigenvalue weighted by atomic mass is 16.2. The lowest BCUT2D eigenvalue weighted by molar-refractivity contribution is -0.122. The van der Waals surface area contributed by atoms with Crippen molar-refractivity contribution in [3.8, 4) is 6.07 Å². The fraction of sp³-hybridized carbons (Fsp3) is 0.182. The van der Waals surface area contributed by atoms with Crippen molar-refractivity contribution < 1.29 is 4.79 Å². The summed E-state index contributed by atoms with van der Waals surface area (Å²) in [6.45, 7) is 3.76. The minimum absolute atomic E-state index is 0.0973. The summed E-state index contributed by atoms with van der Waals surface area (Å²) in [5.41, 5.74) is 4.12. The van der Waals surface area contributed by atoms with Gasteiger partial charge in [0.1, 0.15) is 0 Å². The second-order valence-corrected chi connectivity index (χ2v) is 6.58. The van der Waals surface area contributed by atoms with Crippen LogP contribution >= 0.6 is 0 Å². The monoisotopic (exact) mass is 356 g/mol. The summed E-state index contributed by atoms with van der Waals surface area (Å²) in [6, 6.07) is 9.45. The van der Waals surface area contributed by atoms with E-state index in [1.807, 2.05) is 42.6 Å². The highest BCUT2D eigenvalue weighted by Crippen LogP contribution is 2.25. The first-order valence-corrected chi connectivity index (χ1v) is 9.04. The molecule has 1 aromatic rings. The van der Waals surface area contributed by atoms with Crippen molar-refractivity contribution in [1.82, 2.24) is 15.1 Å². The molecular weight excluding hydrogens is 336 g/mol. The number of carbonyl (C=O) groups excluding carboxylic acids is 1. The Hall–Kier alpha value is -3.36. The van der Waals surface area contributed by atoms with E-state index in [1.165, 1.54) is 0 Å². The molecule has 1 N–H and O–H groups in total. The molecule has 134 valence electrons. The van der Waals surface area contributed by atoms with Crippen LogP contribution in [-0.2, 0) is 4.79 Å². The number of hydrogen-bond acceptors (Lipinski definition) is 4. The molecule has 4 rings (SSSR count). The summed E-state index contributed by atoms with van der Waals surface area (Å²) in [5, 5.41) is 12.5. The van der Waals surface area contributed by atoms with Gasteiger partial charge in [0.15, 0.2) is 0 Å². The van der Waals surface area contributed by atoms with Crippen LogP contribution in [0.4, 0.5) is 0 Å². The molecule has 3 aliphatic heterocycles. The van der Waals surface area contributed by atoms with Crippen LogP contribution in [0.1, 0.15) is 11.1 Å². The zero-order valence-electron chi connectivity index (χ0n) is 14.9. The molecule has 0 bridgehead atoms. The van der Waals surface area contributed by atoms with Gasteiger partial charge in [0.25, 0.3) is 5.91 Å². The van der Waals surface area contributed by atoms with E-state index in [-0.39, 0.29) is 5.91 Å². The minimum atomic E-state index is -0.0973. The number of carbonyl (C=O) groups is 1. The molecule has 0 aliphatic carbocycles. The molecule has 0 saturated carbocycles. The van der Waals surface area contributed by atoms with Crippen molar-refractivity contribution in [1.29, 1.82) is 5.26 Å². The maximum absolute atomic E-state index is 13.0. The van der Waals surface area contributed by atoms with Gasteiger partial charge in [-0.25, -0.2) is 0 Å². The van der Waals surface area contributed by atoms with Crippen LogP contribution in [0.5, 0.6) is 0 Å². The van der Waals surface area contributed by atoms with Crippen LogP contribution in [0.3, 0.4) is 0 Å². The van der Waals surface area contributed by atoms with Crippen molar-refractivity contribution in [3.63, 3.8) is 0 Å². The lowest BCUT2D eigenvalue weighted by atomic mass is 10.0. The van der Waals surface area contributed by atoms with Gasteiger partial charge in [-0.1, -0.05) is 24.3 Å². The van der Waals surface area contributed by atoms with Crippen LogP contribution in [0, 0.1) is 11.3 Å².